The molecule has 408 valence electrons. The number of nitro benzene ring substituents is 1. The summed E-state index contributed by atoms with van der Waals surface area (Å²) < 4.78 is 47.0. The fourth-order valence-corrected chi connectivity index (χ4v) is 8.17. The summed E-state index contributed by atoms with van der Waals surface area (Å²) in [5.74, 6) is -1.26. The van der Waals surface area contributed by atoms with Gasteiger partial charge in [-0.1, -0.05) is 6.92 Å². The Labute approximate surface area is 419 Å². The first kappa shape index (κ1) is 59.4. The molecular weight excluding hydrogens is 951 g/mol. The fourth-order valence-electron chi connectivity index (χ4n) is 8.17. The molecule has 25 heteroatoms. The zero-order valence-electron chi connectivity index (χ0n) is 43.3. The van der Waals surface area contributed by atoms with Gasteiger partial charge in [-0.05, 0) is 120 Å². The molecule has 13 atom stereocenters. The lowest BCUT2D eigenvalue weighted by Gasteiger charge is -2.49. The predicted octanol–water partition coefficient (Wildman–Crippen LogP) is 2.74. The van der Waals surface area contributed by atoms with Crippen molar-refractivity contribution < 1.29 is 82.1 Å². The number of carbonyl (C=O) groups excluding carboxylic acids is 5. The molecule has 1 saturated carbocycles. The van der Waals surface area contributed by atoms with E-state index in [1.807, 2.05) is 0 Å². The number of nitro groups is 1. The number of nitrogens with zero attached hydrogens (tertiary/aromatic N) is 1. The monoisotopic (exact) mass is 1030 g/mol. The number of amides is 5. The number of non-ortho nitro benzene ring substituents is 1. The van der Waals surface area contributed by atoms with Crippen LogP contribution in [0, 0.1) is 16.0 Å². The third-order valence-corrected chi connectivity index (χ3v) is 11.6. The SMILES string of the molecule is CNC1C(O)C(OC2C(NC(=O)C(C)CCNC(=O)OC(C)(C)C)CC(NC(=O)OC(C)(C)C)C(OC3OC(CNC(=O)OCc4ccc([N+](=O)[O-])cc4)CCC3NC(=O)OC(C)(C)C)C2O)OCC1(C)O. The summed E-state index contributed by atoms with van der Waals surface area (Å²) in [5.41, 5.74) is -3.80. The summed E-state index contributed by atoms with van der Waals surface area (Å²) in [5, 5.41) is 62.7. The second-order valence-electron chi connectivity index (χ2n) is 21.5. The number of rotatable bonds is 17. The van der Waals surface area contributed by atoms with Crippen molar-refractivity contribution >= 4 is 36.0 Å². The topological polar surface area (TPSA) is 335 Å². The standard InChI is InChI=1S/C47H77N7O18/c1-25(19-20-49-41(59)70-44(2,3)4)37(57)51-30-21-31(53-43(61)72-46(8,9)10)35(32(55)34(30)69-39-33(56)36(48-12)47(11,62)24-66-39)68-38-29(52-42(60)71-45(5,6)7)18-17-28(67-38)22-50-40(58)65-23-26-13-15-27(16-14-26)54(63)64/h13-16,25,28-36,38-39,48,55-56,62H,17-24H2,1-12H3,(H,49,59)(H,50,58)(H,51,57)(H,52,60)(H,53,61). The molecule has 3 aliphatic rings. The van der Waals surface area contributed by atoms with E-state index in [1.54, 1.807) is 69.2 Å². The maximum Gasteiger partial charge on any atom is 0.408 e. The quantitative estimate of drug-likeness (QED) is 0.0615. The van der Waals surface area contributed by atoms with Crippen LogP contribution in [0.15, 0.2) is 24.3 Å². The third kappa shape index (κ3) is 18.7. The van der Waals surface area contributed by atoms with Crippen LogP contribution in [0.2, 0.25) is 0 Å². The van der Waals surface area contributed by atoms with Crippen LogP contribution in [0.25, 0.3) is 0 Å². The number of hydrogen-bond donors (Lipinski definition) is 9. The Bertz CT molecular complexity index is 1990. The minimum Gasteiger partial charge on any atom is -0.445 e. The first-order valence-corrected chi connectivity index (χ1v) is 24.1. The van der Waals surface area contributed by atoms with Crippen LogP contribution < -0.4 is 31.9 Å². The maximum atomic E-state index is 14.0. The van der Waals surface area contributed by atoms with Gasteiger partial charge in [0.15, 0.2) is 12.6 Å². The highest BCUT2D eigenvalue weighted by atomic mass is 16.7. The predicted molar refractivity (Wildman–Crippen MR) is 255 cm³/mol. The van der Waals surface area contributed by atoms with Gasteiger partial charge in [0.1, 0.15) is 53.4 Å². The van der Waals surface area contributed by atoms with Gasteiger partial charge in [0.05, 0.1) is 41.8 Å². The van der Waals surface area contributed by atoms with E-state index in [2.05, 4.69) is 31.9 Å². The van der Waals surface area contributed by atoms with Crippen molar-refractivity contribution in [2.24, 2.45) is 5.92 Å². The molecule has 1 aliphatic carbocycles. The van der Waals surface area contributed by atoms with Crippen molar-refractivity contribution in [3.05, 3.63) is 39.9 Å². The molecule has 0 spiro atoms. The molecule has 9 N–H and O–H groups in total. The van der Waals surface area contributed by atoms with Crippen LogP contribution in [0.3, 0.4) is 0 Å². The van der Waals surface area contributed by atoms with E-state index in [-0.39, 0.29) is 57.7 Å². The van der Waals surface area contributed by atoms with E-state index in [9.17, 15) is 49.4 Å². The van der Waals surface area contributed by atoms with Gasteiger partial charge in [0.25, 0.3) is 5.69 Å². The average Bonchev–Trinajstić information content (AvgIpc) is 3.24. The first-order valence-electron chi connectivity index (χ1n) is 24.1. The number of aliphatic hydroxyl groups excluding tert-OH is 2. The van der Waals surface area contributed by atoms with Crippen LogP contribution in [0.4, 0.5) is 24.9 Å². The number of alkyl carbamates (subject to hydrolysis) is 4. The normalized spacial score (nSPS) is 29.3. The number of ether oxygens (including phenoxy) is 8. The van der Waals surface area contributed by atoms with Gasteiger partial charge in [0.2, 0.25) is 5.91 Å². The summed E-state index contributed by atoms with van der Waals surface area (Å²) >= 11 is 0. The lowest BCUT2D eigenvalue weighted by Crippen LogP contribution is -2.70. The molecule has 1 aromatic rings. The highest BCUT2D eigenvalue weighted by Crippen LogP contribution is 2.34. The van der Waals surface area contributed by atoms with Crippen molar-refractivity contribution in [2.75, 3.05) is 26.7 Å². The van der Waals surface area contributed by atoms with Crippen molar-refractivity contribution in [3.8, 4) is 0 Å². The molecule has 4 rings (SSSR count). The van der Waals surface area contributed by atoms with Crippen LogP contribution in [-0.2, 0) is 49.3 Å². The molecule has 5 amide bonds. The third-order valence-electron chi connectivity index (χ3n) is 11.6. The minimum atomic E-state index is -1.79. The fraction of sp³-hybridized carbons (Fsp3) is 0.766. The molecule has 25 nitrogen and oxygen atoms in total. The zero-order valence-corrected chi connectivity index (χ0v) is 43.3. The Morgan fingerprint density at radius 3 is 1.88 bits per heavy atom. The van der Waals surface area contributed by atoms with Crippen LogP contribution in [-0.4, -0.2) is 167 Å². The van der Waals surface area contributed by atoms with Crippen molar-refractivity contribution in [2.45, 2.75) is 198 Å². The minimum absolute atomic E-state index is 0.0721. The molecule has 0 aromatic heterocycles. The van der Waals surface area contributed by atoms with Gasteiger partial charge >= 0.3 is 24.4 Å². The summed E-state index contributed by atoms with van der Waals surface area (Å²) in [6.07, 6.45) is -12.8. The van der Waals surface area contributed by atoms with E-state index >= 15 is 0 Å². The number of likely N-dealkylation sites (N-methyl/N-ethyl adjacent to an activating group) is 1. The molecule has 3 fully saturated rings. The van der Waals surface area contributed by atoms with E-state index in [4.69, 9.17) is 37.9 Å². The second-order valence-corrected chi connectivity index (χ2v) is 21.5. The first-order chi connectivity index (χ1) is 33.3. The highest BCUT2D eigenvalue weighted by molar-refractivity contribution is 5.79. The summed E-state index contributed by atoms with van der Waals surface area (Å²) in [6.45, 7) is 17.7. The van der Waals surface area contributed by atoms with E-state index in [0.717, 1.165) is 0 Å². The largest absolute Gasteiger partial charge is 0.445 e. The Balaban J connectivity index is 1.65. The molecule has 2 aliphatic heterocycles. The van der Waals surface area contributed by atoms with Crippen molar-refractivity contribution in [3.63, 3.8) is 0 Å². The summed E-state index contributed by atoms with van der Waals surface area (Å²) in [7, 11) is 1.53. The van der Waals surface area contributed by atoms with Gasteiger partial charge in [0, 0.05) is 31.1 Å². The second kappa shape index (κ2) is 25.2. The summed E-state index contributed by atoms with van der Waals surface area (Å²) in [6, 6.07) is 1.22. The van der Waals surface area contributed by atoms with Gasteiger partial charge in [-0.3, -0.25) is 14.9 Å². The smallest absolute Gasteiger partial charge is 0.408 e. The van der Waals surface area contributed by atoms with Crippen LogP contribution in [0.1, 0.15) is 107 Å². The van der Waals surface area contributed by atoms with Gasteiger partial charge < -0.3 is 85.1 Å². The number of nitrogens with one attached hydrogen (secondary N) is 6. The number of hydrogen-bond acceptors (Lipinski definition) is 19. The van der Waals surface area contributed by atoms with Gasteiger partial charge in [-0.25, -0.2) is 19.2 Å². The molecule has 2 saturated heterocycles. The lowest BCUT2D eigenvalue weighted by atomic mass is 9.82. The molecule has 13 unspecified atom stereocenters. The average molecular weight is 1030 g/mol. The van der Waals surface area contributed by atoms with Crippen molar-refractivity contribution in [1.82, 2.24) is 31.9 Å². The van der Waals surface area contributed by atoms with Gasteiger partial charge in [-0.2, -0.15) is 0 Å². The molecule has 72 heavy (non-hydrogen) atoms. The van der Waals surface area contributed by atoms with E-state index < -0.39 is 131 Å². The Hall–Kier alpha value is -5.15. The molecular formula is C47H77N7O18. The molecule has 0 radical (unpaired) electrons. The molecule has 0 bridgehead atoms. The Morgan fingerprint density at radius 2 is 1.32 bits per heavy atom. The highest BCUT2D eigenvalue weighted by Gasteiger charge is 2.53. The van der Waals surface area contributed by atoms with Crippen LogP contribution in [0.5, 0.6) is 0 Å². The number of aliphatic hydroxyl groups is 3. The lowest BCUT2D eigenvalue weighted by molar-refractivity contribution is -0.384. The molecule has 1 aromatic carbocycles. The number of benzene rings is 1. The van der Waals surface area contributed by atoms with E-state index in [1.165, 1.54) is 38.2 Å². The van der Waals surface area contributed by atoms with Crippen molar-refractivity contribution in [1.29, 1.82) is 0 Å². The number of carbonyl (C=O) groups is 5. The summed E-state index contributed by atoms with van der Waals surface area (Å²) in [4.78, 5) is 76.4. The zero-order chi connectivity index (χ0) is 53.9. The van der Waals surface area contributed by atoms with E-state index in [0.29, 0.717) is 5.56 Å². The Morgan fingerprint density at radius 1 is 0.778 bits per heavy atom. The van der Waals surface area contributed by atoms with Gasteiger partial charge in [-0.15, -0.1) is 0 Å². The van der Waals surface area contributed by atoms with Crippen LogP contribution >= 0.6 is 0 Å². The molecule has 2 heterocycles. The Kier molecular flexibility index (Phi) is 20.8. The maximum absolute atomic E-state index is 14.0.